The van der Waals surface area contributed by atoms with Crippen LogP contribution in [-0.2, 0) is 9.59 Å². The average molecular weight is 342 g/mol. The van der Waals surface area contributed by atoms with E-state index < -0.39 is 17.7 Å². The van der Waals surface area contributed by atoms with Crippen LogP contribution in [0.25, 0.3) is 0 Å². The van der Waals surface area contributed by atoms with Gasteiger partial charge in [0.2, 0.25) is 11.8 Å². The molecule has 7 heteroatoms. The minimum atomic E-state index is -1.05. The lowest BCUT2D eigenvalue weighted by Gasteiger charge is -2.17. The molecular formula is C18H15FN2O4. The highest BCUT2D eigenvalue weighted by molar-refractivity contribution is 6.03. The van der Waals surface area contributed by atoms with Crippen molar-refractivity contribution in [2.75, 3.05) is 16.8 Å². The second-order valence-electron chi connectivity index (χ2n) is 5.75. The number of anilines is 2. The third-order valence-corrected chi connectivity index (χ3v) is 4.03. The number of amides is 2. The molecule has 1 aliphatic heterocycles. The molecule has 2 aromatic rings. The summed E-state index contributed by atoms with van der Waals surface area (Å²) in [5, 5.41) is 11.6. The van der Waals surface area contributed by atoms with Crippen LogP contribution in [0.3, 0.4) is 0 Å². The first-order valence-electron chi connectivity index (χ1n) is 7.64. The van der Waals surface area contributed by atoms with E-state index in [4.69, 9.17) is 5.11 Å². The number of rotatable bonds is 4. The fourth-order valence-electron chi connectivity index (χ4n) is 2.69. The van der Waals surface area contributed by atoms with Crippen molar-refractivity contribution in [3.05, 3.63) is 59.9 Å². The zero-order valence-corrected chi connectivity index (χ0v) is 13.1. The number of carboxylic acids is 1. The van der Waals surface area contributed by atoms with E-state index in [0.29, 0.717) is 11.4 Å². The molecule has 2 aromatic carbocycles. The third-order valence-electron chi connectivity index (χ3n) is 4.03. The molecule has 0 bridgehead atoms. The summed E-state index contributed by atoms with van der Waals surface area (Å²) in [5.74, 6) is -2.50. The highest BCUT2D eigenvalue weighted by atomic mass is 19.1. The maximum atomic E-state index is 12.9. The molecule has 0 radical (unpaired) electrons. The third kappa shape index (κ3) is 3.65. The molecule has 3 rings (SSSR count). The number of hydrogen-bond acceptors (Lipinski definition) is 3. The van der Waals surface area contributed by atoms with Crippen LogP contribution < -0.4 is 10.2 Å². The topological polar surface area (TPSA) is 86.7 Å². The van der Waals surface area contributed by atoms with Crippen LogP contribution in [0, 0.1) is 11.7 Å². The molecule has 0 aromatic heterocycles. The fourth-order valence-corrected chi connectivity index (χ4v) is 2.69. The van der Waals surface area contributed by atoms with Crippen molar-refractivity contribution in [1.29, 1.82) is 0 Å². The highest BCUT2D eigenvalue weighted by Gasteiger charge is 2.35. The van der Waals surface area contributed by atoms with Crippen molar-refractivity contribution in [2.24, 2.45) is 5.92 Å². The van der Waals surface area contributed by atoms with Crippen LogP contribution in [0.15, 0.2) is 48.5 Å². The summed E-state index contributed by atoms with van der Waals surface area (Å²) in [6, 6.07) is 11.3. The summed E-state index contributed by atoms with van der Waals surface area (Å²) < 4.78 is 12.9. The Bertz CT molecular complexity index is 818. The van der Waals surface area contributed by atoms with Crippen molar-refractivity contribution in [3.63, 3.8) is 0 Å². The number of halogens is 1. The van der Waals surface area contributed by atoms with Crippen LogP contribution in [0.2, 0.25) is 0 Å². The molecule has 0 spiro atoms. The van der Waals surface area contributed by atoms with Gasteiger partial charge in [0.25, 0.3) is 0 Å². The lowest BCUT2D eigenvalue weighted by Crippen LogP contribution is -2.28. The Morgan fingerprint density at radius 1 is 1.08 bits per heavy atom. The molecule has 2 N–H and O–H groups in total. The Kier molecular flexibility index (Phi) is 4.47. The van der Waals surface area contributed by atoms with Gasteiger partial charge in [-0.3, -0.25) is 9.59 Å². The summed E-state index contributed by atoms with van der Waals surface area (Å²) in [5.41, 5.74) is 1.14. The van der Waals surface area contributed by atoms with E-state index in [9.17, 15) is 18.8 Å². The van der Waals surface area contributed by atoms with Gasteiger partial charge in [0.05, 0.1) is 11.5 Å². The molecule has 1 saturated heterocycles. The van der Waals surface area contributed by atoms with Crippen LogP contribution in [-0.4, -0.2) is 29.4 Å². The number of carbonyl (C=O) groups is 3. The first-order valence-corrected chi connectivity index (χ1v) is 7.64. The van der Waals surface area contributed by atoms with E-state index in [1.54, 1.807) is 12.1 Å². The molecule has 0 saturated carbocycles. The number of carboxylic acid groups (broad SMARTS) is 1. The van der Waals surface area contributed by atoms with Crippen molar-refractivity contribution in [1.82, 2.24) is 0 Å². The van der Waals surface area contributed by atoms with Gasteiger partial charge in [0, 0.05) is 24.3 Å². The van der Waals surface area contributed by atoms with Crippen LogP contribution >= 0.6 is 0 Å². The second-order valence-corrected chi connectivity index (χ2v) is 5.75. The lowest BCUT2D eigenvalue weighted by molar-refractivity contribution is -0.122. The standard InChI is InChI=1S/C18H15FN2O4/c19-13-3-5-14(6-4-13)20-17(23)12-9-16(22)21(10-12)15-7-1-11(2-8-15)18(24)25/h1-8,12H,9-10H2,(H,20,23)(H,24,25)/t12-/m0/s1. The van der Waals surface area contributed by atoms with E-state index >= 15 is 0 Å². The molecule has 2 amide bonds. The Hall–Kier alpha value is -3.22. The largest absolute Gasteiger partial charge is 0.478 e. The molecule has 0 aliphatic carbocycles. The van der Waals surface area contributed by atoms with Gasteiger partial charge in [-0.1, -0.05) is 0 Å². The van der Waals surface area contributed by atoms with Gasteiger partial charge in [-0.05, 0) is 48.5 Å². The first kappa shape index (κ1) is 16.6. The summed E-state index contributed by atoms with van der Waals surface area (Å²) in [6.07, 6.45) is 0.0632. The second kappa shape index (κ2) is 6.72. The van der Waals surface area contributed by atoms with Crippen molar-refractivity contribution < 1.29 is 23.9 Å². The molecule has 25 heavy (non-hydrogen) atoms. The van der Waals surface area contributed by atoms with E-state index in [1.807, 2.05) is 0 Å². The smallest absolute Gasteiger partial charge is 0.335 e. The maximum absolute atomic E-state index is 12.9. The summed E-state index contributed by atoms with van der Waals surface area (Å²) in [4.78, 5) is 36.8. The monoisotopic (exact) mass is 342 g/mol. The number of carbonyl (C=O) groups excluding carboxylic acids is 2. The van der Waals surface area contributed by atoms with E-state index in [0.717, 1.165) is 0 Å². The van der Waals surface area contributed by atoms with Gasteiger partial charge >= 0.3 is 5.97 Å². The molecule has 128 valence electrons. The maximum Gasteiger partial charge on any atom is 0.335 e. The summed E-state index contributed by atoms with van der Waals surface area (Å²) in [7, 11) is 0. The summed E-state index contributed by atoms with van der Waals surface area (Å²) >= 11 is 0. The quantitative estimate of drug-likeness (QED) is 0.894. The van der Waals surface area contributed by atoms with Crippen molar-refractivity contribution in [2.45, 2.75) is 6.42 Å². The van der Waals surface area contributed by atoms with Gasteiger partial charge in [0.1, 0.15) is 5.82 Å². The van der Waals surface area contributed by atoms with Gasteiger partial charge in [0.15, 0.2) is 0 Å². The predicted molar refractivity (Wildman–Crippen MR) is 88.9 cm³/mol. The Morgan fingerprint density at radius 3 is 2.32 bits per heavy atom. The van der Waals surface area contributed by atoms with Gasteiger partial charge < -0.3 is 15.3 Å². The molecule has 1 atom stereocenters. The first-order chi connectivity index (χ1) is 11.9. The fraction of sp³-hybridized carbons (Fsp3) is 0.167. The number of benzene rings is 2. The number of aromatic carboxylic acids is 1. The molecule has 1 heterocycles. The number of nitrogens with zero attached hydrogens (tertiary/aromatic N) is 1. The van der Waals surface area contributed by atoms with Gasteiger partial charge in [-0.25, -0.2) is 9.18 Å². The zero-order chi connectivity index (χ0) is 18.0. The Balaban J connectivity index is 1.68. The molecule has 0 unspecified atom stereocenters. The van der Waals surface area contributed by atoms with Crippen molar-refractivity contribution >= 4 is 29.2 Å². The molecular weight excluding hydrogens is 327 g/mol. The minimum Gasteiger partial charge on any atom is -0.478 e. The minimum absolute atomic E-state index is 0.0632. The predicted octanol–water partition coefficient (Wildman–Crippen LogP) is 2.52. The molecule has 6 nitrogen and oxygen atoms in total. The van der Waals surface area contributed by atoms with E-state index in [2.05, 4.69) is 5.32 Å². The molecule has 1 fully saturated rings. The van der Waals surface area contributed by atoms with E-state index in [-0.39, 0.29) is 30.3 Å². The Labute approximate surface area is 142 Å². The van der Waals surface area contributed by atoms with Crippen molar-refractivity contribution in [3.8, 4) is 0 Å². The Morgan fingerprint density at radius 2 is 1.72 bits per heavy atom. The SMILES string of the molecule is O=C(O)c1ccc(N2C[C@@H](C(=O)Nc3ccc(F)cc3)CC2=O)cc1. The van der Waals surface area contributed by atoms with Gasteiger partial charge in [-0.2, -0.15) is 0 Å². The average Bonchev–Trinajstić information content (AvgIpc) is 2.99. The van der Waals surface area contributed by atoms with E-state index in [1.165, 1.54) is 41.3 Å². The van der Waals surface area contributed by atoms with Crippen LogP contribution in [0.5, 0.6) is 0 Å². The highest BCUT2D eigenvalue weighted by Crippen LogP contribution is 2.26. The lowest BCUT2D eigenvalue weighted by atomic mass is 10.1. The number of hydrogen-bond donors (Lipinski definition) is 2. The van der Waals surface area contributed by atoms with Gasteiger partial charge in [-0.15, -0.1) is 0 Å². The zero-order valence-electron chi connectivity index (χ0n) is 13.1. The van der Waals surface area contributed by atoms with Crippen LogP contribution in [0.4, 0.5) is 15.8 Å². The number of nitrogens with one attached hydrogen (secondary N) is 1. The normalized spacial score (nSPS) is 16.8. The van der Waals surface area contributed by atoms with Crippen LogP contribution in [0.1, 0.15) is 16.8 Å². The summed E-state index contributed by atoms with van der Waals surface area (Å²) in [6.45, 7) is 0.207. The molecule has 1 aliphatic rings.